The van der Waals surface area contributed by atoms with Crippen LogP contribution in [0.3, 0.4) is 0 Å². The number of carbonyl (C=O) groups is 1. The Morgan fingerprint density at radius 2 is 1.84 bits per heavy atom. The summed E-state index contributed by atoms with van der Waals surface area (Å²) < 4.78 is 11.3. The SMILES string of the molecule is COc1cc(C(C)NC(=O)CC(C)C)ccc1OCc1ccncc1. The summed E-state index contributed by atoms with van der Waals surface area (Å²) in [6.07, 6.45) is 4.00. The van der Waals surface area contributed by atoms with Crippen LogP contribution in [-0.2, 0) is 11.4 Å². The van der Waals surface area contributed by atoms with Crippen molar-refractivity contribution >= 4 is 5.91 Å². The molecule has 0 aliphatic rings. The van der Waals surface area contributed by atoms with Gasteiger partial charge in [0.2, 0.25) is 5.91 Å². The molecule has 0 bridgehead atoms. The van der Waals surface area contributed by atoms with Gasteiger partial charge in [-0.25, -0.2) is 0 Å². The van der Waals surface area contributed by atoms with E-state index in [1.807, 2.05) is 51.1 Å². The summed E-state index contributed by atoms with van der Waals surface area (Å²) in [5.74, 6) is 1.71. The maximum atomic E-state index is 11.9. The lowest BCUT2D eigenvalue weighted by atomic mass is 10.1. The van der Waals surface area contributed by atoms with Crippen molar-refractivity contribution in [3.8, 4) is 11.5 Å². The number of ether oxygens (including phenoxy) is 2. The third-order valence-corrected chi connectivity index (χ3v) is 3.80. The smallest absolute Gasteiger partial charge is 0.220 e. The standard InChI is InChI=1S/C20H26N2O3/c1-14(2)11-20(23)22-15(3)17-5-6-18(19(12-17)24-4)25-13-16-7-9-21-10-8-16/h5-10,12,14-15H,11,13H2,1-4H3,(H,22,23). The first-order valence-electron chi connectivity index (χ1n) is 8.48. The molecular weight excluding hydrogens is 316 g/mol. The van der Waals surface area contributed by atoms with Crippen LogP contribution in [0.4, 0.5) is 0 Å². The van der Waals surface area contributed by atoms with Crippen molar-refractivity contribution in [1.82, 2.24) is 10.3 Å². The number of pyridine rings is 1. The van der Waals surface area contributed by atoms with Crippen molar-refractivity contribution in [1.29, 1.82) is 0 Å². The molecule has 1 aromatic carbocycles. The predicted octanol–water partition coefficient (Wildman–Crippen LogP) is 3.89. The highest BCUT2D eigenvalue weighted by atomic mass is 16.5. The highest BCUT2D eigenvalue weighted by Gasteiger charge is 2.14. The van der Waals surface area contributed by atoms with Gasteiger partial charge in [-0.1, -0.05) is 19.9 Å². The van der Waals surface area contributed by atoms with Crippen LogP contribution in [-0.4, -0.2) is 18.0 Å². The van der Waals surface area contributed by atoms with Crippen LogP contribution in [0.15, 0.2) is 42.7 Å². The number of nitrogens with zero attached hydrogens (tertiary/aromatic N) is 1. The first kappa shape index (κ1) is 18.8. The zero-order valence-electron chi connectivity index (χ0n) is 15.3. The van der Waals surface area contributed by atoms with E-state index in [9.17, 15) is 4.79 Å². The van der Waals surface area contributed by atoms with Crippen LogP contribution >= 0.6 is 0 Å². The minimum absolute atomic E-state index is 0.0551. The first-order valence-corrected chi connectivity index (χ1v) is 8.48. The van der Waals surface area contributed by atoms with Gasteiger partial charge in [-0.2, -0.15) is 0 Å². The molecule has 5 nitrogen and oxygen atoms in total. The van der Waals surface area contributed by atoms with E-state index in [-0.39, 0.29) is 11.9 Å². The minimum Gasteiger partial charge on any atom is -0.493 e. The Morgan fingerprint density at radius 3 is 2.48 bits per heavy atom. The number of carbonyl (C=O) groups excluding carboxylic acids is 1. The van der Waals surface area contributed by atoms with Crippen molar-refractivity contribution in [2.45, 2.75) is 39.8 Å². The van der Waals surface area contributed by atoms with Crippen LogP contribution in [0.25, 0.3) is 0 Å². The third kappa shape index (κ3) is 5.78. The zero-order chi connectivity index (χ0) is 18.2. The molecule has 0 aliphatic heterocycles. The van der Waals surface area contributed by atoms with Gasteiger partial charge in [-0.3, -0.25) is 9.78 Å². The predicted molar refractivity (Wildman–Crippen MR) is 97.6 cm³/mol. The number of aromatic nitrogens is 1. The summed E-state index contributed by atoms with van der Waals surface area (Å²) in [6, 6.07) is 9.46. The fourth-order valence-corrected chi connectivity index (χ4v) is 2.47. The van der Waals surface area contributed by atoms with E-state index in [4.69, 9.17) is 9.47 Å². The summed E-state index contributed by atoms with van der Waals surface area (Å²) in [5.41, 5.74) is 2.01. The van der Waals surface area contributed by atoms with E-state index in [0.717, 1.165) is 11.1 Å². The van der Waals surface area contributed by atoms with Gasteiger partial charge >= 0.3 is 0 Å². The lowest BCUT2D eigenvalue weighted by molar-refractivity contribution is -0.122. The summed E-state index contributed by atoms with van der Waals surface area (Å²) in [7, 11) is 1.61. The molecule has 1 N–H and O–H groups in total. The van der Waals surface area contributed by atoms with Crippen molar-refractivity contribution in [2.24, 2.45) is 5.92 Å². The molecule has 25 heavy (non-hydrogen) atoms. The summed E-state index contributed by atoms with van der Waals surface area (Å²) in [5, 5.41) is 3.01. The lowest BCUT2D eigenvalue weighted by Gasteiger charge is -2.18. The van der Waals surface area contributed by atoms with Crippen molar-refractivity contribution in [3.05, 3.63) is 53.9 Å². The van der Waals surface area contributed by atoms with E-state index in [1.165, 1.54) is 0 Å². The van der Waals surface area contributed by atoms with Gasteiger partial charge in [0, 0.05) is 18.8 Å². The number of hydrogen-bond donors (Lipinski definition) is 1. The highest BCUT2D eigenvalue weighted by Crippen LogP contribution is 2.31. The number of methoxy groups -OCH3 is 1. The zero-order valence-corrected chi connectivity index (χ0v) is 15.3. The molecule has 2 aromatic rings. The summed E-state index contributed by atoms with van der Waals surface area (Å²) in [6.45, 7) is 6.47. The van der Waals surface area contributed by atoms with Gasteiger partial charge in [0.1, 0.15) is 6.61 Å². The molecule has 1 aromatic heterocycles. The van der Waals surface area contributed by atoms with Gasteiger partial charge in [-0.15, -0.1) is 0 Å². The Hall–Kier alpha value is -2.56. The minimum atomic E-state index is -0.0885. The van der Waals surface area contributed by atoms with Crippen molar-refractivity contribution in [2.75, 3.05) is 7.11 Å². The maximum Gasteiger partial charge on any atom is 0.220 e. The van der Waals surface area contributed by atoms with Crippen LogP contribution in [0.2, 0.25) is 0 Å². The Bertz CT molecular complexity index is 687. The van der Waals surface area contributed by atoms with Gasteiger partial charge < -0.3 is 14.8 Å². The number of benzene rings is 1. The average Bonchev–Trinajstić information content (AvgIpc) is 2.59. The second-order valence-corrected chi connectivity index (χ2v) is 6.44. The Balaban J connectivity index is 2.03. The quantitative estimate of drug-likeness (QED) is 0.790. The Morgan fingerprint density at radius 1 is 1.12 bits per heavy atom. The van der Waals surface area contributed by atoms with Gasteiger partial charge in [0.25, 0.3) is 0 Å². The van der Waals surface area contributed by atoms with Crippen molar-refractivity contribution < 1.29 is 14.3 Å². The second-order valence-electron chi connectivity index (χ2n) is 6.44. The van der Waals surface area contributed by atoms with Gasteiger partial charge in [-0.05, 0) is 48.2 Å². The van der Waals surface area contributed by atoms with E-state index in [0.29, 0.717) is 30.4 Å². The van der Waals surface area contributed by atoms with Crippen molar-refractivity contribution in [3.63, 3.8) is 0 Å². The van der Waals surface area contributed by atoms with E-state index < -0.39 is 0 Å². The van der Waals surface area contributed by atoms with E-state index in [1.54, 1.807) is 19.5 Å². The molecular formula is C20H26N2O3. The molecule has 1 heterocycles. The van der Waals surface area contributed by atoms with Gasteiger partial charge in [0.05, 0.1) is 13.2 Å². The molecule has 1 unspecified atom stereocenters. The first-order chi connectivity index (χ1) is 12.0. The second kappa shape index (κ2) is 9.06. The maximum absolute atomic E-state index is 11.9. The molecule has 5 heteroatoms. The van der Waals surface area contributed by atoms with Crippen LogP contribution in [0.1, 0.15) is 44.4 Å². The van der Waals surface area contributed by atoms with Gasteiger partial charge in [0.15, 0.2) is 11.5 Å². The molecule has 2 rings (SSSR count). The fourth-order valence-electron chi connectivity index (χ4n) is 2.47. The number of nitrogens with one attached hydrogen (secondary N) is 1. The molecule has 0 radical (unpaired) electrons. The monoisotopic (exact) mass is 342 g/mol. The molecule has 0 aliphatic carbocycles. The molecule has 0 spiro atoms. The molecule has 134 valence electrons. The third-order valence-electron chi connectivity index (χ3n) is 3.80. The normalized spacial score (nSPS) is 11.9. The number of rotatable bonds is 8. The topological polar surface area (TPSA) is 60.5 Å². The van der Waals surface area contributed by atoms with Crippen LogP contribution in [0, 0.1) is 5.92 Å². The highest BCUT2D eigenvalue weighted by molar-refractivity contribution is 5.76. The lowest BCUT2D eigenvalue weighted by Crippen LogP contribution is -2.27. The number of amides is 1. The molecule has 0 saturated heterocycles. The molecule has 0 saturated carbocycles. The average molecular weight is 342 g/mol. The molecule has 1 amide bonds. The summed E-state index contributed by atoms with van der Waals surface area (Å²) >= 11 is 0. The van der Waals surface area contributed by atoms with E-state index >= 15 is 0 Å². The number of hydrogen-bond acceptors (Lipinski definition) is 4. The van der Waals surface area contributed by atoms with Crippen LogP contribution in [0.5, 0.6) is 11.5 Å². The van der Waals surface area contributed by atoms with Crippen LogP contribution < -0.4 is 14.8 Å². The fraction of sp³-hybridized carbons (Fsp3) is 0.400. The Kier molecular flexibility index (Phi) is 6.81. The Labute approximate surface area is 149 Å². The molecule has 0 fully saturated rings. The van der Waals surface area contributed by atoms with E-state index in [2.05, 4.69) is 10.3 Å². The summed E-state index contributed by atoms with van der Waals surface area (Å²) in [4.78, 5) is 15.9. The molecule has 1 atom stereocenters. The largest absolute Gasteiger partial charge is 0.493 e.